The Bertz CT molecular complexity index is 587. The summed E-state index contributed by atoms with van der Waals surface area (Å²) in [6, 6.07) is 21.9. The van der Waals surface area contributed by atoms with Crippen molar-refractivity contribution in [1.82, 2.24) is 10.4 Å². The largest absolute Gasteiger partial charge is 0.370 e. The fourth-order valence-electron chi connectivity index (χ4n) is 3.28. The van der Waals surface area contributed by atoms with Crippen molar-refractivity contribution in [1.29, 1.82) is 0 Å². The number of hydrogen-bond donors (Lipinski definition) is 1. The first-order valence-electron chi connectivity index (χ1n) is 8.47. The van der Waals surface area contributed by atoms with Gasteiger partial charge in [0, 0.05) is 12.6 Å². The average molecular weight is 310 g/mol. The second-order valence-corrected chi connectivity index (χ2v) is 6.36. The molecule has 122 valence electrons. The van der Waals surface area contributed by atoms with Gasteiger partial charge in [-0.25, -0.2) is 5.01 Å². The fraction of sp³-hybridized carbons (Fsp3) is 0.400. The standard InChI is InChI=1S/C20H26N2O/c1-16(15-18-9-5-3-6-10-18)21-22-13-14-23-20(17(22)2)19-11-7-4-8-12-19/h3-12,16-17,20-21H,13-15H2,1-2H3/t16-,17-,20-/m0/s1. The zero-order valence-corrected chi connectivity index (χ0v) is 14.0. The van der Waals surface area contributed by atoms with Crippen LogP contribution in [-0.4, -0.2) is 30.2 Å². The van der Waals surface area contributed by atoms with Crippen LogP contribution in [0.25, 0.3) is 0 Å². The van der Waals surface area contributed by atoms with Crippen LogP contribution in [0.15, 0.2) is 60.7 Å². The SMILES string of the molecule is C[C@@H](Cc1ccccc1)NN1CCO[C@H](c2ccccc2)[C@@H]1C. The molecule has 1 aliphatic rings. The van der Waals surface area contributed by atoms with E-state index in [9.17, 15) is 0 Å². The predicted octanol–water partition coefficient (Wildman–Crippen LogP) is 3.58. The Kier molecular flexibility index (Phi) is 5.44. The molecule has 1 N–H and O–H groups in total. The maximum Gasteiger partial charge on any atom is 0.0991 e. The molecule has 3 rings (SSSR count). The third-order valence-electron chi connectivity index (χ3n) is 4.46. The Labute approximate surface area is 139 Å². The molecule has 3 atom stereocenters. The van der Waals surface area contributed by atoms with Crippen molar-refractivity contribution in [3.8, 4) is 0 Å². The molecule has 3 heteroatoms. The van der Waals surface area contributed by atoms with Crippen molar-refractivity contribution >= 4 is 0 Å². The van der Waals surface area contributed by atoms with E-state index in [0.29, 0.717) is 12.1 Å². The van der Waals surface area contributed by atoms with Gasteiger partial charge in [0.05, 0.1) is 18.8 Å². The highest BCUT2D eigenvalue weighted by Gasteiger charge is 2.30. The van der Waals surface area contributed by atoms with Crippen molar-refractivity contribution in [2.45, 2.75) is 38.5 Å². The maximum absolute atomic E-state index is 6.02. The molecule has 0 saturated carbocycles. The highest BCUT2D eigenvalue weighted by molar-refractivity contribution is 5.19. The molecule has 23 heavy (non-hydrogen) atoms. The van der Waals surface area contributed by atoms with Gasteiger partial charge in [0.1, 0.15) is 0 Å². The first kappa shape index (κ1) is 16.2. The van der Waals surface area contributed by atoms with E-state index in [0.717, 1.165) is 19.6 Å². The van der Waals surface area contributed by atoms with Crippen LogP contribution in [0.5, 0.6) is 0 Å². The van der Waals surface area contributed by atoms with Gasteiger partial charge in [0.2, 0.25) is 0 Å². The van der Waals surface area contributed by atoms with E-state index in [4.69, 9.17) is 4.74 Å². The summed E-state index contributed by atoms with van der Waals surface area (Å²) in [4.78, 5) is 0. The lowest BCUT2D eigenvalue weighted by Crippen LogP contribution is -2.55. The van der Waals surface area contributed by atoms with Crippen LogP contribution in [0.4, 0.5) is 0 Å². The highest BCUT2D eigenvalue weighted by Crippen LogP contribution is 2.27. The Hall–Kier alpha value is -1.68. The first-order chi connectivity index (χ1) is 11.2. The molecule has 0 aromatic heterocycles. The number of morpholine rings is 1. The molecule has 1 heterocycles. The lowest BCUT2D eigenvalue weighted by atomic mass is 10.0. The number of nitrogens with zero attached hydrogens (tertiary/aromatic N) is 1. The van der Waals surface area contributed by atoms with Crippen molar-refractivity contribution in [3.63, 3.8) is 0 Å². The molecule has 1 aliphatic heterocycles. The van der Waals surface area contributed by atoms with E-state index in [1.807, 2.05) is 0 Å². The molecule has 2 aromatic carbocycles. The zero-order chi connectivity index (χ0) is 16.1. The summed E-state index contributed by atoms with van der Waals surface area (Å²) in [7, 11) is 0. The van der Waals surface area contributed by atoms with E-state index < -0.39 is 0 Å². The lowest BCUT2D eigenvalue weighted by molar-refractivity contribution is -0.0913. The van der Waals surface area contributed by atoms with E-state index in [1.165, 1.54) is 11.1 Å². The van der Waals surface area contributed by atoms with Crippen molar-refractivity contribution in [2.75, 3.05) is 13.2 Å². The van der Waals surface area contributed by atoms with Crippen LogP contribution in [0, 0.1) is 0 Å². The monoisotopic (exact) mass is 310 g/mol. The Morgan fingerprint density at radius 3 is 2.43 bits per heavy atom. The smallest absolute Gasteiger partial charge is 0.0991 e. The minimum Gasteiger partial charge on any atom is -0.370 e. The third kappa shape index (κ3) is 4.20. The van der Waals surface area contributed by atoms with Crippen LogP contribution in [0.2, 0.25) is 0 Å². The van der Waals surface area contributed by atoms with Gasteiger partial charge in [0.25, 0.3) is 0 Å². The summed E-state index contributed by atoms with van der Waals surface area (Å²) in [5.41, 5.74) is 6.29. The Morgan fingerprint density at radius 1 is 1.09 bits per heavy atom. The fourth-order valence-corrected chi connectivity index (χ4v) is 3.28. The normalized spacial score (nSPS) is 23.6. The maximum atomic E-state index is 6.02. The molecule has 3 nitrogen and oxygen atoms in total. The second kappa shape index (κ2) is 7.73. The van der Waals surface area contributed by atoms with Gasteiger partial charge in [-0.05, 0) is 31.4 Å². The molecule has 1 saturated heterocycles. The van der Waals surface area contributed by atoms with Crippen LogP contribution < -0.4 is 5.43 Å². The summed E-state index contributed by atoms with van der Waals surface area (Å²) in [5.74, 6) is 0. The summed E-state index contributed by atoms with van der Waals surface area (Å²) in [6.45, 7) is 6.16. The molecule has 0 radical (unpaired) electrons. The van der Waals surface area contributed by atoms with E-state index in [1.54, 1.807) is 0 Å². The van der Waals surface area contributed by atoms with Gasteiger partial charge in [-0.1, -0.05) is 60.7 Å². The molecule has 0 amide bonds. The molecule has 0 spiro atoms. The van der Waals surface area contributed by atoms with Crippen LogP contribution in [0.1, 0.15) is 31.1 Å². The van der Waals surface area contributed by atoms with Gasteiger partial charge in [-0.15, -0.1) is 0 Å². The van der Waals surface area contributed by atoms with E-state index >= 15 is 0 Å². The lowest BCUT2D eigenvalue weighted by Gasteiger charge is -2.41. The number of rotatable bonds is 5. The van der Waals surface area contributed by atoms with Crippen molar-refractivity contribution < 1.29 is 4.74 Å². The van der Waals surface area contributed by atoms with Gasteiger partial charge in [-0.3, -0.25) is 5.43 Å². The van der Waals surface area contributed by atoms with Crippen LogP contribution >= 0.6 is 0 Å². The minimum atomic E-state index is 0.126. The minimum absolute atomic E-state index is 0.126. The molecule has 0 unspecified atom stereocenters. The number of benzene rings is 2. The Balaban J connectivity index is 1.61. The Morgan fingerprint density at radius 2 is 1.74 bits per heavy atom. The van der Waals surface area contributed by atoms with Crippen LogP contribution in [0.3, 0.4) is 0 Å². The van der Waals surface area contributed by atoms with E-state index in [2.05, 4.69) is 84.9 Å². The molecule has 0 aliphatic carbocycles. The van der Waals surface area contributed by atoms with E-state index in [-0.39, 0.29) is 6.10 Å². The second-order valence-electron chi connectivity index (χ2n) is 6.36. The number of hydrazine groups is 1. The zero-order valence-electron chi connectivity index (χ0n) is 14.0. The van der Waals surface area contributed by atoms with Crippen molar-refractivity contribution in [3.05, 3.63) is 71.8 Å². The highest BCUT2D eigenvalue weighted by atomic mass is 16.5. The third-order valence-corrected chi connectivity index (χ3v) is 4.46. The summed E-state index contributed by atoms with van der Waals surface area (Å²) >= 11 is 0. The van der Waals surface area contributed by atoms with Gasteiger partial charge < -0.3 is 4.74 Å². The molecule has 0 bridgehead atoms. The van der Waals surface area contributed by atoms with Gasteiger partial charge in [0.15, 0.2) is 0 Å². The summed E-state index contributed by atoms with van der Waals surface area (Å²) in [6.07, 6.45) is 1.15. The van der Waals surface area contributed by atoms with Gasteiger partial charge in [-0.2, -0.15) is 0 Å². The molecule has 2 aromatic rings. The molecular weight excluding hydrogens is 284 g/mol. The first-order valence-corrected chi connectivity index (χ1v) is 8.47. The summed E-state index contributed by atoms with van der Waals surface area (Å²) < 4.78 is 6.02. The number of nitrogens with one attached hydrogen (secondary N) is 1. The quantitative estimate of drug-likeness (QED) is 0.913. The van der Waals surface area contributed by atoms with Gasteiger partial charge >= 0.3 is 0 Å². The average Bonchev–Trinajstić information content (AvgIpc) is 2.58. The molecule has 1 fully saturated rings. The number of ether oxygens (including phenoxy) is 1. The predicted molar refractivity (Wildman–Crippen MR) is 94.0 cm³/mol. The van der Waals surface area contributed by atoms with Crippen molar-refractivity contribution in [2.24, 2.45) is 0 Å². The molecular formula is C20H26N2O. The topological polar surface area (TPSA) is 24.5 Å². The number of hydrogen-bond acceptors (Lipinski definition) is 3. The van der Waals surface area contributed by atoms with Crippen LogP contribution in [-0.2, 0) is 11.2 Å². The summed E-state index contributed by atoms with van der Waals surface area (Å²) in [5, 5.41) is 2.34.